The maximum absolute atomic E-state index is 12.8. The second-order valence-corrected chi connectivity index (χ2v) is 27.3. The molecule has 0 aliphatic rings. The van der Waals surface area contributed by atoms with Gasteiger partial charge in [0.1, 0.15) is 6.61 Å². The fourth-order valence-corrected chi connectivity index (χ4v) is 12.1. The Morgan fingerprint density at radius 1 is 0.330 bits per heavy atom. The van der Waals surface area contributed by atoms with Gasteiger partial charge in [-0.15, -0.1) is 0 Å². The van der Waals surface area contributed by atoms with Crippen molar-refractivity contribution in [3.05, 3.63) is 97.2 Å². The quantitative estimate of drug-likeness (QED) is 0.0264. The number of carbonyl (C=O) groups excluding carboxylic acids is 2. The summed E-state index contributed by atoms with van der Waals surface area (Å²) in [6, 6.07) is 0. The monoisotopic (exact) mass is 1290 g/mol. The van der Waals surface area contributed by atoms with Gasteiger partial charge in [0.05, 0.1) is 13.2 Å². The minimum absolute atomic E-state index is 0.0538. The molecule has 0 saturated carbocycles. The molecular weight excluding hydrogens is 1150 g/mol. The Morgan fingerprint density at radius 3 is 0.846 bits per heavy atom. The number of nitrogens with two attached hydrogens (primary N) is 1. The van der Waals surface area contributed by atoms with Crippen LogP contribution in [-0.4, -0.2) is 49.3 Å². The van der Waals surface area contributed by atoms with E-state index in [1.54, 1.807) is 0 Å². The van der Waals surface area contributed by atoms with E-state index in [2.05, 4.69) is 111 Å². The fourth-order valence-electron chi connectivity index (χ4n) is 11.3. The SMILES string of the molecule is CC/C=C\C/C=C\C/C=C\C/C=C\CCCCCCCCCCCCCCCCCCCCCCCCC(=O)OCC(COP(=O)(O)OCCN)OC(=O)CCCCCCCCCCCCCCCCCCCCCCCC/C=C\C/C=C\C/C=C\C/C=C\CC. The first-order valence-electron chi connectivity index (χ1n) is 38.7. The van der Waals surface area contributed by atoms with Crippen molar-refractivity contribution >= 4 is 19.8 Å². The number of allylic oxidation sites excluding steroid dienone is 16. The first-order chi connectivity index (χ1) is 44.8. The maximum atomic E-state index is 12.8. The molecule has 0 radical (unpaired) electrons. The molecular formula is C81H146NO8P. The van der Waals surface area contributed by atoms with Crippen molar-refractivity contribution in [3.63, 3.8) is 0 Å². The van der Waals surface area contributed by atoms with E-state index >= 15 is 0 Å². The molecule has 91 heavy (non-hydrogen) atoms. The third-order valence-corrected chi connectivity index (χ3v) is 17.9. The first kappa shape index (κ1) is 87.9. The van der Waals surface area contributed by atoms with Crippen LogP contribution in [0.5, 0.6) is 0 Å². The molecule has 0 spiro atoms. The molecule has 0 aliphatic carbocycles. The zero-order valence-electron chi connectivity index (χ0n) is 59.6. The number of hydrogen-bond acceptors (Lipinski definition) is 8. The molecule has 2 atom stereocenters. The highest BCUT2D eigenvalue weighted by molar-refractivity contribution is 7.47. The summed E-state index contributed by atoms with van der Waals surface area (Å²) >= 11 is 0. The standard InChI is InChI=1S/C81H146NO8P/c1-3-5-7-9-11-13-15-17-19-21-23-25-27-29-31-33-35-37-39-41-43-45-47-49-51-53-55-57-59-61-63-65-67-69-71-73-80(83)87-77-79(78-89-91(85,86)88-76-75-82)90-81(84)74-72-70-68-66-64-62-60-58-56-54-52-50-48-46-44-42-40-38-36-34-32-30-28-26-24-22-20-18-16-14-12-10-8-6-4-2/h5-8,11-14,17-20,23-26,79H,3-4,9-10,15-16,21-22,27-78,82H2,1-2H3,(H,85,86)/b7-5-,8-6-,13-11-,14-12-,19-17-,20-18-,25-23-,26-24-. The van der Waals surface area contributed by atoms with Crippen molar-refractivity contribution in [2.24, 2.45) is 5.73 Å². The summed E-state index contributed by atoms with van der Waals surface area (Å²) in [6.07, 6.45) is 104. The van der Waals surface area contributed by atoms with E-state index in [4.69, 9.17) is 24.3 Å². The molecule has 0 aliphatic heterocycles. The molecule has 0 aromatic rings. The Morgan fingerprint density at radius 2 is 0.571 bits per heavy atom. The van der Waals surface area contributed by atoms with Gasteiger partial charge >= 0.3 is 19.8 Å². The second-order valence-electron chi connectivity index (χ2n) is 25.8. The summed E-state index contributed by atoms with van der Waals surface area (Å²) in [6.45, 7) is 3.58. The summed E-state index contributed by atoms with van der Waals surface area (Å²) in [4.78, 5) is 35.5. The highest BCUT2D eigenvalue weighted by Gasteiger charge is 2.26. The van der Waals surface area contributed by atoms with Crippen molar-refractivity contribution in [2.75, 3.05) is 26.4 Å². The molecule has 528 valence electrons. The highest BCUT2D eigenvalue weighted by atomic mass is 31.2. The molecule has 9 nitrogen and oxygen atoms in total. The predicted octanol–water partition coefficient (Wildman–Crippen LogP) is 25.9. The second kappa shape index (κ2) is 76.0. The lowest BCUT2D eigenvalue weighted by Crippen LogP contribution is -2.29. The van der Waals surface area contributed by atoms with E-state index in [1.165, 1.54) is 257 Å². The van der Waals surface area contributed by atoms with E-state index in [-0.39, 0.29) is 38.6 Å². The van der Waals surface area contributed by atoms with E-state index in [1.807, 2.05) is 0 Å². The third-order valence-electron chi connectivity index (χ3n) is 17.0. The number of phosphoric acid groups is 1. The minimum Gasteiger partial charge on any atom is -0.462 e. The van der Waals surface area contributed by atoms with Crippen LogP contribution in [0, 0.1) is 0 Å². The summed E-state index contributed by atoms with van der Waals surface area (Å²) in [7, 11) is -4.40. The molecule has 2 unspecified atom stereocenters. The summed E-state index contributed by atoms with van der Waals surface area (Å²) in [5.74, 6) is -0.808. The molecule has 0 fully saturated rings. The Kier molecular flexibility index (Phi) is 73.4. The van der Waals surface area contributed by atoms with Crippen molar-refractivity contribution in [2.45, 2.75) is 380 Å². The molecule has 0 heterocycles. The van der Waals surface area contributed by atoms with Crippen LogP contribution in [0.2, 0.25) is 0 Å². The number of phosphoric ester groups is 1. The largest absolute Gasteiger partial charge is 0.472 e. The van der Waals surface area contributed by atoms with E-state index in [0.717, 1.165) is 83.5 Å². The molecule has 0 aromatic carbocycles. The lowest BCUT2D eigenvalue weighted by molar-refractivity contribution is -0.161. The fraction of sp³-hybridized carbons (Fsp3) is 0.778. The first-order valence-corrected chi connectivity index (χ1v) is 40.2. The van der Waals surface area contributed by atoms with Crippen LogP contribution in [0.1, 0.15) is 373 Å². The van der Waals surface area contributed by atoms with Gasteiger partial charge in [-0.3, -0.25) is 18.6 Å². The molecule has 0 aromatic heterocycles. The number of ether oxygens (including phenoxy) is 2. The Hall–Kier alpha value is -3.07. The number of esters is 2. The molecule has 0 bridgehead atoms. The van der Waals surface area contributed by atoms with Crippen LogP contribution in [0.15, 0.2) is 97.2 Å². The summed E-state index contributed by atoms with van der Waals surface area (Å²) in [5.41, 5.74) is 5.41. The minimum atomic E-state index is -4.40. The third kappa shape index (κ3) is 75.8. The topological polar surface area (TPSA) is 134 Å². The Balaban J connectivity index is 3.78. The average Bonchev–Trinajstić information content (AvgIpc) is 3.74. The van der Waals surface area contributed by atoms with Crippen molar-refractivity contribution < 1.29 is 37.6 Å². The molecule has 0 rings (SSSR count). The number of rotatable bonds is 73. The predicted molar refractivity (Wildman–Crippen MR) is 395 cm³/mol. The number of unbranched alkanes of at least 4 members (excludes halogenated alkanes) is 44. The van der Waals surface area contributed by atoms with Gasteiger partial charge in [0.25, 0.3) is 0 Å². The van der Waals surface area contributed by atoms with Crippen LogP contribution >= 0.6 is 7.82 Å². The Bertz CT molecular complexity index is 1820. The zero-order chi connectivity index (χ0) is 65.8. The van der Waals surface area contributed by atoms with Gasteiger partial charge in [-0.25, -0.2) is 4.57 Å². The van der Waals surface area contributed by atoms with Gasteiger partial charge in [0, 0.05) is 19.4 Å². The highest BCUT2D eigenvalue weighted by Crippen LogP contribution is 2.43. The van der Waals surface area contributed by atoms with Crippen LogP contribution in [-0.2, 0) is 32.7 Å². The van der Waals surface area contributed by atoms with E-state index < -0.39 is 26.5 Å². The lowest BCUT2D eigenvalue weighted by Gasteiger charge is -2.19. The van der Waals surface area contributed by atoms with Crippen LogP contribution < -0.4 is 5.73 Å². The van der Waals surface area contributed by atoms with Crippen LogP contribution in [0.3, 0.4) is 0 Å². The van der Waals surface area contributed by atoms with Crippen molar-refractivity contribution in [1.29, 1.82) is 0 Å². The molecule has 0 saturated heterocycles. The maximum Gasteiger partial charge on any atom is 0.472 e. The smallest absolute Gasteiger partial charge is 0.462 e. The Labute approximate surface area is 563 Å². The van der Waals surface area contributed by atoms with E-state index in [9.17, 15) is 19.0 Å². The number of carbonyl (C=O) groups is 2. The molecule has 3 N–H and O–H groups in total. The molecule has 0 amide bonds. The van der Waals surface area contributed by atoms with Gasteiger partial charge in [0.15, 0.2) is 6.10 Å². The molecule has 10 heteroatoms. The number of hydrogen-bond donors (Lipinski definition) is 2. The van der Waals surface area contributed by atoms with Gasteiger partial charge in [-0.2, -0.15) is 0 Å². The van der Waals surface area contributed by atoms with Gasteiger partial charge in [-0.05, 0) is 89.9 Å². The van der Waals surface area contributed by atoms with Gasteiger partial charge in [0.2, 0.25) is 0 Å². The van der Waals surface area contributed by atoms with Crippen LogP contribution in [0.25, 0.3) is 0 Å². The average molecular weight is 1290 g/mol. The zero-order valence-corrected chi connectivity index (χ0v) is 60.5. The van der Waals surface area contributed by atoms with Crippen LogP contribution in [0.4, 0.5) is 0 Å². The normalized spacial score (nSPS) is 13.4. The van der Waals surface area contributed by atoms with Gasteiger partial charge < -0.3 is 20.1 Å². The van der Waals surface area contributed by atoms with E-state index in [0.29, 0.717) is 6.42 Å². The van der Waals surface area contributed by atoms with Gasteiger partial charge in [-0.1, -0.05) is 368 Å². The van der Waals surface area contributed by atoms with Crippen molar-refractivity contribution in [3.8, 4) is 0 Å². The van der Waals surface area contributed by atoms with Crippen molar-refractivity contribution in [1.82, 2.24) is 0 Å². The lowest BCUT2D eigenvalue weighted by atomic mass is 10.0. The summed E-state index contributed by atoms with van der Waals surface area (Å²) in [5, 5.41) is 0. The summed E-state index contributed by atoms with van der Waals surface area (Å²) < 4.78 is 33.3.